The lowest BCUT2D eigenvalue weighted by atomic mass is 10.1. The van der Waals surface area contributed by atoms with Crippen LogP contribution in [-0.4, -0.2) is 47.7 Å². The quantitative estimate of drug-likeness (QED) is 0.751. The van der Waals surface area contributed by atoms with E-state index < -0.39 is 20.0 Å². The first-order chi connectivity index (χ1) is 13.8. The lowest BCUT2D eigenvalue weighted by molar-refractivity contribution is -0.116. The Morgan fingerprint density at radius 2 is 1.70 bits per heavy atom. The van der Waals surface area contributed by atoms with Crippen LogP contribution in [0.15, 0.2) is 40.1 Å². The Morgan fingerprint density at radius 3 is 2.30 bits per heavy atom. The molecule has 0 unspecified atom stereocenters. The highest BCUT2D eigenvalue weighted by atomic mass is 32.2. The van der Waals surface area contributed by atoms with Crippen molar-refractivity contribution in [2.24, 2.45) is 0 Å². The molecule has 30 heavy (non-hydrogen) atoms. The second-order valence-electron chi connectivity index (χ2n) is 7.52. The number of carbonyl (C=O) groups excluding carboxylic acids is 1. The van der Waals surface area contributed by atoms with Crippen molar-refractivity contribution < 1.29 is 21.6 Å². The van der Waals surface area contributed by atoms with Crippen molar-refractivity contribution in [2.75, 3.05) is 30.3 Å². The molecule has 162 valence electrons. The Hall–Kier alpha value is -2.43. The van der Waals surface area contributed by atoms with Crippen molar-refractivity contribution in [1.82, 2.24) is 4.31 Å². The van der Waals surface area contributed by atoms with Gasteiger partial charge in [-0.2, -0.15) is 0 Å². The summed E-state index contributed by atoms with van der Waals surface area (Å²) in [6.45, 7) is 5.45. The maximum absolute atomic E-state index is 13.0. The fraction of sp³-hybridized carbons (Fsp3) is 0.350. The van der Waals surface area contributed by atoms with E-state index in [-0.39, 0.29) is 21.4 Å². The van der Waals surface area contributed by atoms with Crippen LogP contribution in [0.2, 0.25) is 0 Å². The summed E-state index contributed by atoms with van der Waals surface area (Å²) < 4.78 is 54.7. The van der Waals surface area contributed by atoms with Gasteiger partial charge in [0.15, 0.2) is 0 Å². The molecule has 0 fully saturated rings. The highest BCUT2D eigenvalue weighted by Gasteiger charge is 2.26. The number of carbonyl (C=O) groups is 1. The van der Waals surface area contributed by atoms with Crippen LogP contribution in [0, 0.1) is 13.8 Å². The van der Waals surface area contributed by atoms with Gasteiger partial charge in [-0.1, -0.05) is 0 Å². The van der Waals surface area contributed by atoms with Gasteiger partial charge in [0.1, 0.15) is 0 Å². The van der Waals surface area contributed by atoms with Crippen LogP contribution in [0.3, 0.4) is 0 Å². The fourth-order valence-corrected chi connectivity index (χ4v) is 5.55. The molecule has 0 atom stereocenters. The molecule has 1 aliphatic heterocycles. The van der Waals surface area contributed by atoms with Gasteiger partial charge in [0.2, 0.25) is 15.9 Å². The summed E-state index contributed by atoms with van der Waals surface area (Å²) in [5.74, 6) is -0.0903. The van der Waals surface area contributed by atoms with Gasteiger partial charge in [0, 0.05) is 33.3 Å². The third kappa shape index (κ3) is 3.94. The smallest absolute Gasteiger partial charge is 0.261 e. The molecule has 1 N–H and O–H groups in total. The fourth-order valence-electron chi connectivity index (χ4n) is 3.37. The summed E-state index contributed by atoms with van der Waals surface area (Å²) in [7, 11) is -4.84. The minimum absolute atomic E-state index is 0.0133. The van der Waals surface area contributed by atoms with E-state index in [4.69, 9.17) is 0 Å². The van der Waals surface area contributed by atoms with Gasteiger partial charge < -0.3 is 4.90 Å². The summed E-state index contributed by atoms with van der Waals surface area (Å²) in [5, 5.41) is 0. The number of sulfonamides is 2. The normalized spacial score (nSPS) is 14.1. The van der Waals surface area contributed by atoms with Gasteiger partial charge in [-0.25, -0.2) is 21.1 Å². The van der Waals surface area contributed by atoms with Crippen LogP contribution in [0.1, 0.15) is 23.6 Å². The number of anilines is 2. The molecule has 0 saturated heterocycles. The van der Waals surface area contributed by atoms with Crippen LogP contribution in [0.4, 0.5) is 11.4 Å². The van der Waals surface area contributed by atoms with Gasteiger partial charge in [-0.15, -0.1) is 0 Å². The number of rotatable bonds is 5. The molecule has 8 nitrogen and oxygen atoms in total. The van der Waals surface area contributed by atoms with Gasteiger partial charge in [-0.3, -0.25) is 9.52 Å². The molecule has 0 saturated carbocycles. The zero-order chi connectivity index (χ0) is 22.4. The summed E-state index contributed by atoms with van der Waals surface area (Å²) >= 11 is 0. The maximum atomic E-state index is 13.0. The molecule has 1 amide bonds. The lowest BCUT2D eigenvalue weighted by Crippen LogP contribution is -2.25. The van der Waals surface area contributed by atoms with E-state index in [0.717, 1.165) is 9.87 Å². The summed E-state index contributed by atoms with van der Waals surface area (Å²) in [4.78, 5) is 13.4. The minimum Gasteiger partial charge on any atom is -0.312 e. The Bertz CT molecular complexity index is 1240. The van der Waals surface area contributed by atoms with E-state index in [2.05, 4.69) is 4.72 Å². The van der Waals surface area contributed by atoms with E-state index in [9.17, 15) is 21.6 Å². The Balaban J connectivity index is 2.01. The first-order valence-corrected chi connectivity index (χ1v) is 12.2. The number of aryl methyl sites for hydroxylation is 1. The van der Waals surface area contributed by atoms with Crippen molar-refractivity contribution >= 4 is 37.3 Å². The molecule has 2 aromatic rings. The van der Waals surface area contributed by atoms with E-state index in [1.165, 1.54) is 39.2 Å². The SMILES string of the molecule is CC(=O)N1CCc2cc(S(=O)(=O)Nc3cc(S(=O)(=O)N(C)C)cc(C)c3C)ccc21. The molecular weight excluding hydrogens is 426 g/mol. The number of amides is 1. The number of nitrogens with one attached hydrogen (secondary N) is 1. The molecule has 0 radical (unpaired) electrons. The zero-order valence-corrected chi connectivity index (χ0v) is 19.2. The van der Waals surface area contributed by atoms with E-state index in [1.54, 1.807) is 30.9 Å². The van der Waals surface area contributed by atoms with Crippen LogP contribution in [-0.2, 0) is 31.3 Å². The number of benzene rings is 2. The van der Waals surface area contributed by atoms with Crippen molar-refractivity contribution in [3.8, 4) is 0 Å². The van der Waals surface area contributed by atoms with Crippen LogP contribution >= 0.6 is 0 Å². The molecule has 10 heteroatoms. The van der Waals surface area contributed by atoms with Crippen molar-refractivity contribution in [3.05, 3.63) is 47.0 Å². The predicted molar refractivity (Wildman–Crippen MR) is 116 cm³/mol. The van der Waals surface area contributed by atoms with Crippen molar-refractivity contribution in [1.29, 1.82) is 0 Å². The second kappa shape index (κ2) is 7.68. The summed E-state index contributed by atoms with van der Waals surface area (Å²) in [6.07, 6.45) is 0.576. The van der Waals surface area contributed by atoms with Gasteiger partial charge in [0.05, 0.1) is 15.5 Å². The molecule has 2 aromatic carbocycles. The highest BCUT2D eigenvalue weighted by molar-refractivity contribution is 7.92. The topological polar surface area (TPSA) is 104 Å². The second-order valence-corrected chi connectivity index (χ2v) is 11.4. The van der Waals surface area contributed by atoms with E-state index >= 15 is 0 Å². The third-order valence-corrected chi connectivity index (χ3v) is 8.46. The van der Waals surface area contributed by atoms with Crippen molar-refractivity contribution in [3.63, 3.8) is 0 Å². The van der Waals surface area contributed by atoms with Gasteiger partial charge in [-0.05, 0) is 67.3 Å². The average Bonchev–Trinajstić information content (AvgIpc) is 3.08. The molecule has 0 spiro atoms. The Kier molecular flexibility index (Phi) is 5.70. The number of fused-ring (bicyclic) bond motifs is 1. The largest absolute Gasteiger partial charge is 0.312 e. The minimum atomic E-state index is -3.96. The average molecular weight is 452 g/mol. The molecule has 1 heterocycles. The van der Waals surface area contributed by atoms with Gasteiger partial charge in [0.25, 0.3) is 10.0 Å². The molecule has 1 aliphatic rings. The standard InChI is InChI=1S/C20H25N3O5S2/c1-13-10-18(30(27,28)22(4)5)12-19(14(13)2)21-29(25,26)17-6-7-20-16(11-17)8-9-23(20)15(3)24/h6-7,10-12,21H,8-9H2,1-5H3. The summed E-state index contributed by atoms with van der Waals surface area (Å²) in [6, 6.07) is 7.49. The third-order valence-electron chi connectivity index (χ3n) is 5.30. The van der Waals surface area contributed by atoms with E-state index in [1.807, 2.05) is 0 Å². The lowest BCUT2D eigenvalue weighted by Gasteiger charge is -2.18. The highest BCUT2D eigenvalue weighted by Crippen LogP contribution is 2.32. The first-order valence-electron chi connectivity index (χ1n) is 9.32. The first kappa shape index (κ1) is 22.3. The molecule has 0 aliphatic carbocycles. The number of nitrogens with zero attached hydrogens (tertiary/aromatic N) is 2. The Morgan fingerprint density at radius 1 is 1.03 bits per heavy atom. The molecule has 3 rings (SSSR count). The Labute approximate surface area is 177 Å². The van der Waals surface area contributed by atoms with Crippen LogP contribution in [0.5, 0.6) is 0 Å². The molecule has 0 aromatic heterocycles. The maximum Gasteiger partial charge on any atom is 0.261 e. The van der Waals surface area contributed by atoms with Crippen molar-refractivity contribution in [2.45, 2.75) is 37.0 Å². The number of hydrogen-bond donors (Lipinski definition) is 1. The monoisotopic (exact) mass is 451 g/mol. The molecule has 0 bridgehead atoms. The van der Waals surface area contributed by atoms with Crippen LogP contribution in [0.25, 0.3) is 0 Å². The number of hydrogen-bond acceptors (Lipinski definition) is 5. The summed E-state index contributed by atoms with van der Waals surface area (Å²) in [5.41, 5.74) is 3.00. The zero-order valence-electron chi connectivity index (χ0n) is 17.6. The predicted octanol–water partition coefficient (Wildman–Crippen LogP) is 2.26. The van der Waals surface area contributed by atoms with E-state index in [0.29, 0.717) is 29.8 Å². The molecular formula is C20H25N3O5S2. The van der Waals surface area contributed by atoms with Gasteiger partial charge >= 0.3 is 0 Å². The van der Waals surface area contributed by atoms with Crippen LogP contribution < -0.4 is 9.62 Å².